The molecular weight excluding hydrogens is 253 g/mol. The lowest BCUT2D eigenvalue weighted by atomic mass is 9.97. The zero-order chi connectivity index (χ0) is 14.1. The summed E-state index contributed by atoms with van der Waals surface area (Å²) in [6, 6.07) is 3.72. The van der Waals surface area contributed by atoms with Crippen LogP contribution in [0.4, 0.5) is 4.39 Å². The number of aryl methyl sites for hydroxylation is 1. The highest BCUT2D eigenvalue weighted by Gasteiger charge is 2.26. The van der Waals surface area contributed by atoms with Gasteiger partial charge >= 0.3 is 0 Å². The lowest BCUT2D eigenvalue weighted by Crippen LogP contribution is -2.34. The molecule has 0 N–H and O–H groups in total. The average Bonchev–Trinajstić information content (AvgIpc) is 2.13. The summed E-state index contributed by atoms with van der Waals surface area (Å²) >= 11 is 0. The molecule has 0 radical (unpaired) electrons. The first-order valence-corrected chi connectivity index (χ1v) is 7.20. The van der Waals surface area contributed by atoms with Gasteiger partial charge in [-0.2, -0.15) is 0 Å². The summed E-state index contributed by atoms with van der Waals surface area (Å²) in [5.74, 6) is -0.426. The van der Waals surface area contributed by atoms with E-state index in [9.17, 15) is 12.8 Å². The van der Waals surface area contributed by atoms with Crippen LogP contribution in [0, 0.1) is 18.2 Å². The molecule has 1 aromatic rings. The van der Waals surface area contributed by atoms with E-state index in [0.717, 1.165) is 0 Å². The minimum Gasteiger partial charge on any atom is -0.207 e. The van der Waals surface area contributed by atoms with Crippen molar-refractivity contribution < 1.29 is 12.8 Å². The Balaban J connectivity index is 3.14. The van der Waals surface area contributed by atoms with Crippen LogP contribution < -0.4 is 0 Å². The van der Waals surface area contributed by atoms with Gasteiger partial charge in [-0.05, 0) is 36.1 Å². The van der Waals surface area contributed by atoms with Crippen molar-refractivity contribution in [2.45, 2.75) is 32.6 Å². The Kier molecular flexibility index (Phi) is 4.18. The topological polar surface area (TPSA) is 37.4 Å². The molecule has 0 unspecified atom stereocenters. The maximum Gasteiger partial charge on any atom is 0.243 e. The van der Waals surface area contributed by atoms with Crippen molar-refractivity contribution in [2.75, 3.05) is 13.6 Å². The minimum absolute atomic E-state index is 0.129. The summed E-state index contributed by atoms with van der Waals surface area (Å²) in [5.41, 5.74) is 0.297. The third kappa shape index (κ3) is 3.53. The Morgan fingerprint density at radius 1 is 1.28 bits per heavy atom. The smallest absolute Gasteiger partial charge is 0.207 e. The molecule has 3 nitrogen and oxygen atoms in total. The highest BCUT2D eigenvalue weighted by atomic mass is 32.2. The van der Waals surface area contributed by atoms with Crippen molar-refractivity contribution >= 4 is 10.0 Å². The molecule has 1 aromatic carbocycles. The molecular formula is C13H20FNO2S. The molecule has 0 spiro atoms. The first kappa shape index (κ1) is 15.1. The molecule has 0 fully saturated rings. The highest BCUT2D eigenvalue weighted by molar-refractivity contribution is 7.89. The van der Waals surface area contributed by atoms with Crippen LogP contribution in [-0.2, 0) is 10.0 Å². The summed E-state index contributed by atoms with van der Waals surface area (Å²) in [4.78, 5) is 0.163. The number of benzene rings is 1. The van der Waals surface area contributed by atoms with E-state index in [4.69, 9.17) is 0 Å². The van der Waals surface area contributed by atoms with E-state index in [1.165, 1.54) is 22.5 Å². The third-order valence-electron chi connectivity index (χ3n) is 2.52. The van der Waals surface area contributed by atoms with Gasteiger partial charge in [-0.25, -0.2) is 17.1 Å². The van der Waals surface area contributed by atoms with Gasteiger partial charge in [-0.1, -0.05) is 20.8 Å². The normalized spacial score (nSPS) is 13.1. The predicted molar refractivity (Wildman–Crippen MR) is 70.4 cm³/mol. The first-order valence-electron chi connectivity index (χ1n) is 5.76. The Hall–Kier alpha value is -0.940. The second-order valence-corrected chi connectivity index (χ2v) is 7.74. The van der Waals surface area contributed by atoms with Crippen molar-refractivity contribution in [1.29, 1.82) is 0 Å². The van der Waals surface area contributed by atoms with Crippen LogP contribution in [0.25, 0.3) is 0 Å². The van der Waals surface area contributed by atoms with Crippen molar-refractivity contribution in [3.05, 3.63) is 29.6 Å². The molecule has 5 heteroatoms. The Labute approximate surface area is 109 Å². The van der Waals surface area contributed by atoms with Crippen LogP contribution in [0.15, 0.2) is 23.1 Å². The highest BCUT2D eigenvalue weighted by Crippen LogP contribution is 2.23. The number of halogens is 1. The number of rotatable bonds is 3. The molecule has 102 valence electrons. The molecule has 0 aromatic heterocycles. The van der Waals surface area contributed by atoms with Crippen LogP contribution in [0.5, 0.6) is 0 Å². The minimum atomic E-state index is -3.55. The number of hydrogen-bond donors (Lipinski definition) is 0. The second-order valence-electron chi connectivity index (χ2n) is 5.73. The average molecular weight is 273 g/mol. The molecule has 0 bridgehead atoms. The molecule has 0 atom stereocenters. The van der Waals surface area contributed by atoms with Gasteiger partial charge in [0.2, 0.25) is 10.0 Å². The summed E-state index contributed by atoms with van der Waals surface area (Å²) in [5, 5.41) is 0. The second kappa shape index (κ2) is 4.97. The lowest BCUT2D eigenvalue weighted by molar-refractivity contribution is 0.310. The van der Waals surface area contributed by atoms with Crippen LogP contribution in [0.2, 0.25) is 0 Å². The molecule has 0 saturated carbocycles. The third-order valence-corrected chi connectivity index (χ3v) is 4.49. The predicted octanol–water partition coefficient (Wildman–Crippen LogP) is 2.80. The Morgan fingerprint density at radius 3 is 2.28 bits per heavy atom. The number of nitrogens with zero attached hydrogens (tertiary/aromatic N) is 1. The number of sulfonamides is 1. The molecule has 0 aliphatic heterocycles. The fourth-order valence-corrected chi connectivity index (χ4v) is 3.42. The number of hydrogen-bond acceptors (Lipinski definition) is 2. The van der Waals surface area contributed by atoms with Crippen molar-refractivity contribution in [3.63, 3.8) is 0 Å². The van der Waals surface area contributed by atoms with Gasteiger partial charge in [0.15, 0.2) is 0 Å². The van der Waals surface area contributed by atoms with E-state index in [1.54, 1.807) is 14.0 Å². The van der Waals surface area contributed by atoms with E-state index >= 15 is 0 Å². The van der Waals surface area contributed by atoms with Gasteiger partial charge in [0, 0.05) is 13.6 Å². The fourth-order valence-electron chi connectivity index (χ4n) is 1.82. The van der Waals surface area contributed by atoms with Crippen LogP contribution in [-0.4, -0.2) is 26.3 Å². The molecule has 0 aliphatic rings. The standard InChI is InChI=1S/C13H20FNO2S/c1-10-8-11(14)6-7-12(10)18(16,17)15(5)9-13(2,3)4/h6-8H,9H2,1-5H3. The Bertz CT molecular complexity index is 532. The zero-order valence-electron chi connectivity index (χ0n) is 11.5. The zero-order valence-corrected chi connectivity index (χ0v) is 12.3. The lowest BCUT2D eigenvalue weighted by Gasteiger charge is -2.26. The maximum atomic E-state index is 13.0. The molecule has 18 heavy (non-hydrogen) atoms. The SMILES string of the molecule is Cc1cc(F)ccc1S(=O)(=O)N(C)CC(C)(C)C. The van der Waals surface area contributed by atoms with Gasteiger partial charge in [-0.3, -0.25) is 0 Å². The van der Waals surface area contributed by atoms with Crippen LogP contribution in [0.3, 0.4) is 0 Å². The summed E-state index contributed by atoms with van der Waals surface area (Å²) in [6.45, 7) is 7.91. The van der Waals surface area contributed by atoms with Crippen LogP contribution >= 0.6 is 0 Å². The first-order chi connectivity index (χ1) is 8.04. The molecule has 0 amide bonds. The van der Waals surface area contributed by atoms with E-state index in [-0.39, 0.29) is 10.3 Å². The Morgan fingerprint density at radius 2 is 1.83 bits per heavy atom. The maximum absolute atomic E-state index is 13.0. The molecule has 0 aliphatic carbocycles. The fraction of sp³-hybridized carbons (Fsp3) is 0.538. The van der Waals surface area contributed by atoms with Crippen molar-refractivity contribution in [1.82, 2.24) is 4.31 Å². The molecule has 1 rings (SSSR count). The van der Waals surface area contributed by atoms with Gasteiger partial charge in [0.05, 0.1) is 4.90 Å². The van der Waals surface area contributed by atoms with E-state index in [0.29, 0.717) is 12.1 Å². The largest absolute Gasteiger partial charge is 0.243 e. The van der Waals surface area contributed by atoms with Gasteiger partial charge < -0.3 is 0 Å². The molecule has 0 heterocycles. The molecule has 0 saturated heterocycles. The van der Waals surface area contributed by atoms with Gasteiger partial charge in [-0.15, -0.1) is 0 Å². The van der Waals surface area contributed by atoms with E-state index in [2.05, 4.69) is 0 Å². The monoisotopic (exact) mass is 273 g/mol. The van der Waals surface area contributed by atoms with Crippen molar-refractivity contribution in [2.24, 2.45) is 5.41 Å². The summed E-state index contributed by atoms with van der Waals surface area (Å²) < 4.78 is 39.0. The van der Waals surface area contributed by atoms with Crippen molar-refractivity contribution in [3.8, 4) is 0 Å². The summed E-state index contributed by atoms with van der Waals surface area (Å²) in [6.07, 6.45) is 0. The van der Waals surface area contributed by atoms with E-state index in [1.807, 2.05) is 20.8 Å². The summed E-state index contributed by atoms with van der Waals surface area (Å²) in [7, 11) is -2.01. The van der Waals surface area contributed by atoms with Crippen LogP contribution in [0.1, 0.15) is 26.3 Å². The quantitative estimate of drug-likeness (QED) is 0.849. The van der Waals surface area contributed by atoms with Gasteiger partial charge in [0.1, 0.15) is 5.82 Å². The van der Waals surface area contributed by atoms with E-state index < -0.39 is 15.8 Å². The van der Waals surface area contributed by atoms with Gasteiger partial charge in [0.25, 0.3) is 0 Å².